The van der Waals surface area contributed by atoms with Gasteiger partial charge in [0, 0.05) is 13.7 Å². The van der Waals surface area contributed by atoms with Gasteiger partial charge in [0.2, 0.25) is 5.89 Å². The summed E-state index contributed by atoms with van der Waals surface area (Å²) >= 11 is 0. The van der Waals surface area contributed by atoms with Gasteiger partial charge in [-0.3, -0.25) is 4.90 Å². The van der Waals surface area contributed by atoms with Gasteiger partial charge in [-0.2, -0.15) is 10.1 Å². The van der Waals surface area contributed by atoms with E-state index in [1.165, 1.54) is 11.9 Å². The van der Waals surface area contributed by atoms with Crippen molar-refractivity contribution in [3.63, 3.8) is 0 Å². The third-order valence-corrected chi connectivity index (χ3v) is 3.62. The molecule has 3 rings (SSSR count). The molecule has 0 atom stereocenters. The highest BCUT2D eigenvalue weighted by Crippen LogP contribution is 2.12. The molecule has 0 aliphatic heterocycles. The molecule has 2 heterocycles. The first-order valence-corrected chi connectivity index (χ1v) is 7.75. The molecule has 0 saturated heterocycles. The van der Waals surface area contributed by atoms with Gasteiger partial charge >= 0.3 is 0 Å². The predicted octanol–water partition coefficient (Wildman–Crippen LogP) is 1.82. The first kappa shape index (κ1) is 16.3. The maximum absolute atomic E-state index is 5.25. The summed E-state index contributed by atoms with van der Waals surface area (Å²) in [6, 6.07) is 8.23. The smallest absolute Gasteiger partial charge is 0.240 e. The van der Waals surface area contributed by atoms with Crippen LogP contribution in [0, 0.1) is 0 Å². The van der Waals surface area contributed by atoms with E-state index in [-0.39, 0.29) is 0 Å². The molecule has 0 N–H and O–H groups in total. The summed E-state index contributed by atoms with van der Waals surface area (Å²) in [4.78, 5) is 10.5. The van der Waals surface area contributed by atoms with Crippen LogP contribution in [0.2, 0.25) is 0 Å². The second-order valence-electron chi connectivity index (χ2n) is 5.35. The van der Waals surface area contributed by atoms with Crippen LogP contribution in [0.25, 0.3) is 5.69 Å². The summed E-state index contributed by atoms with van der Waals surface area (Å²) in [5.74, 6) is 1.17. The highest BCUT2D eigenvalue weighted by molar-refractivity contribution is 5.33. The summed E-state index contributed by atoms with van der Waals surface area (Å²) < 4.78 is 12.0. The van der Waals surface area contributed by atoms with Gasteiger partial charge in [0.25, 0.3) is 0 Å². The largest absolute Gasteiger partial charge is 0.377 e. The van der Waals surface area contributed by atoms with Crippen molar-refractivity contribution in [1.82, 2.24) is 29.8 Å². The first-order chi connectivity index (χ1) is 11.8. The van der Waals surface area contributed by atoms with Crippen molar-refractivity contribution in [3.8, 4) is 5.69 Å². The van der Waals surface area contributed by atoms with Crippen LogP contribution < -0.4 is 0 Å². The van der Waals surface area contributed by atoms with Crippen molar-refractivity contribution in [2.45, 2.75) is 26.6 Å². The molecule has 3 aromatic rings. The summed E-state index contributed by atoms with van der Waals surface area (Å²) in [5, 5.41) is 8.01. The van der Waals surface area contributed by atoms with Gasteiger partial charge in [0.15, 0.2) is 5.82 Å². The molecule has 2 aromatic heterocycles. The lowest BCUT2D eigenvalue weighted by atomic mass is 10.2. The predicted molar refractivity (Wildman–Crippen MR) is 86.2 cm³/mol. The Bertz CT molecular complexity index is 738. The highest BCUT2D eigenvalue weighted by atomic mass is 16.5. The number of benzene rings is 1. The Morgan fingerprint density at radius 1 is 1.21 bits per heavy atom. The number of hydrogen-bond donors (Lipinski definition) is 0. The van der Waals surface area contributed by atoms with E-state index in [2.05, 4.69) is 44.2 Å². The van der Waals surface area contributed by atoms with Crippen molar-refractivity contribution in [3.05, 3.63) is 54.2 Å². The third-order valence-electron chi connectivity index (χ3n) is 3.62. The molecule has 0 radical (unpaired) electrons. The van der Waals surface area contributed by atoms with Crippen molar-refractivity contribution < 1.29 is 9.26 Å². The van der Waals surface area contributed by atoms with Crippen LogP contribution in [0.5, 0.6) is 0 Å². The zero-order chi connectivity index (χ0) is 16.8. The fourth-order valence-corrected chi connectivity index (χ4v) is 2.37. The first-order valence-electron chi connectivity index (χ1n) is 7.75. The van der Waals surface area contributed by atoms with Crippen LogP contribution in [0.1, 0.15) is 24.2 Å². The summed E-state index contributed by atoms with van der Waals surface area (Å²) in [6.07, 6.45) is 3.20. The van der Waals surface area contributed by atoms with Crippen molar-refractivity contribution in [2.24, 2.45) is 0 Å². The molecule has 0 bridgehead atoms. The molecule has 8 heteroatoms. The monoisotopic (exact) mass is 328 g/mol. The van der Waals surface area contributed by atoms with E-state index in [1.54, 1.807) is 18.1 Å². The minimum atomic E-state index is 0.360. The lowest BCUT2D eigenvalue weighted by Crippen LogP contribution is -2.22. The van der Waals surface area contributed by atoms with Gasteiger partial charge in [-0.15, -0.1) is 0 Å². The Balaban J connectivity index is 1.62. The van der Waals surface area contributed by atoms with Gasteiger partial charge in [-0.05, 0) is 24.2 Å². The molecular weight excluding hydrogens is 308 g/mol. The fraction of sp³-hybridized carbons (Fsp3) is 0.375. The van der Waals surface area contributed by atoms with Crippen molar-refractivity contribution in [1.29, 1.82) is 0 Å². The number of rotatable bonds is 8. The number of aromatic nitrogens is 5. The zero-order valence-corrected chi connectivity index (χ0v) is 13.8. The van der Waals surface area contributed by atoms with Crippen molar-refractivity contribution in [2.75, 3.05) is 13.7 Å². The van der Waals surface area contributed by atoms with E-state index in [4.69, 9.17) is 9.26 Å². The lowest BCUT2D eigenvalue weighted by molar-refractivity contribution is 0.174. The van der Waals surface area contributed by atoms with E-state index in [0.717, 1.165) is 18.8 Å². The quantitative estimate of drug-likeness (QED) is 0.624. The molecule has 0 amide bonds. The number of hydrogen-bond acceptors (Lipinski definition) is 7. The molecule has 24 heavy (non-hydrogen) atoms. The topological polar surface area (TPSA) is 82.1 Å². The molecule has 126 valence electrons. The Labute approximate surface area is 140 Å². The number of ether oxygens (including phenoxy) is 1. The minimum Gasteiger partial charge on any atom is -0.377 e. The average Bonchev–Trinajstić information content (AvgIpc) is 3.27. The second kappa shape index (κ2) is 7.80. The molecule has 8 nitrogen and oxygen atoms in total. The van der Waals surface area contributed by atoms with Crippen LogP contribution >= 0.6 is 0 Å². The van der Waals surface area contributed by atoms with Crippen LogP contribution in [-0.4, -0.2) is 43.5 Å². The lowest BCUT2D eigenvalue weighted by Gasteiger charge is -2.18. The standard InChI is InChI=1S/C16H20N6O2/c1-3-21(9-16-19-15(10-23-2)20-24-16)8-13-4-6-14(7-5-13)22-12-17-11-18-22/h4-7,11-12H,3,8-10H2,1-2H3. The highest BCUT2D eigenvalue weighted by Gasteiger charge is 2.11. The normalized spacial score (nSPS) is 11.3. The van der Waals surface area contributed by atoms with Gasteiger partial charge in [-0.1, -0.05) is 24.2 Å². The Morgan fingerprint density at radius 3 is 2.71 bits per heavy atom. The Morgan fingerprint density at radius 2 is 2.04 bits per heavy atom. The van der Waals surface area contributed by atoms with Gasteiger partial charge in [-0.25, -0.2) is 9.67 Å². The Hall–Kier alpha value is -2.58. The maximum atomic E-state index is 5.25. The maximum Gasteiger partial charge on any atom is 0.240 e. The molecule has 0 unspecified atom stereocenters. The van der Waals surface area contributed by atoms with Crippen molar-refractivity contribution >= 4 is 0 Å². The number of nitrogens with zero attached hydrogens (tertiary/aromatic N) is 6. The van der Waals surface area contributed by atoms with Crippen LogP contribution in [0.15, 0.2) is 41.4 Å². The van der Waals surface area contributed by atoms with E-state index >= 15 is 0 Å². The average molecular weight is 328 g/mol. The Kier molecular flexibility index (Phi) is 5.29. The van der Waals surface area contributed by atoms with E-state index in [1.807, 2.05) is 12.1 Å². The zero-order valence-electron chi connectivity index (χ0n) is 13.8. The fourth-order valence-electron chi connectivity index (χ4n) is 2.37. The molecular formula is C16H20N6O2. The molecule has 0 aliphatic rings. The SMILES string of the molecule is CCN(Cc1ccc(-n2cncn2)cc1)Cc1nc(COC)no1. The van der Waals surface area contributed by atoms with E-state index in [9.17, 15) is 0 Å². The minimum absolute atomic E-state index is 0.360. The molecule has 1 aromatic carbocycles. The summed E-state index contributed by atoms with van der Waals surface area (Å²) in [7, 11) is 1.61. The van der Waals surface area contributed by atoms with Gasteiger partial charge < -0.3 is 9.26 Å². The van der Waals surface area contributed by atoms with E-state index in [0.29, 0.717) is 24.9 Å². The molecule has 0 aliphatic carbocycles. The molecule has 0 spiro atoms. The third kappa shape index (κ3) is 4.03. The number of methoxy groups -OCH3 is 1. The van der Waals surface area contributed by atoms with Gasteiger partial charge in [0.05, 0.1) is 12.2 Å². The molecule has 0 fully saturated rings. The van der Waals surface area contributed by atoms with Crippen LogP contribution in [0.3, 0.4) is 0 Å². The molecule has 0 saturated carbocycles. The van der Waals surface area contributed by atoms with Crippen LogP contribution in [0.4, 0.5) is 0 Å². The second-order valence-corrected chi connectivity index (χ2v) is 5.35. The summed E-state index contributed by atoms with van der Waals surface area (Å²) in [6.45, 7) is 4.76. The van der Waals surface area contributed by atoms with E-state index < -0.39 is 0 Å². The van der Waals surface area contributed by atoms with Gasteiger partial charge in [0.1, 0.15) is 19.3 Å². The summed E-state index contributed by atoms with van der Waals surface area (Å²) in [5.41, 5.74) is 2.19. The van der Waals surface area contributed by atoms with Crippen LogP contribution in [-0.2, 0) is 24.4 Å².